The summed E-state index contributed by atoms with van der Waals surface area (Å²) in [5.74, 6) is -1.17. The Morgan fingerprint density at radius 1 is 1.44 bits per heavy atom. The van der Waals surface area contributed by atoms with E-state index in [-0.39, 0.29) is 11.1 Å². The molecule has 18 heavy (non-hydrogen) atoms. The number of ketones is 1. The van der Waals surface area contributed by atoms with Crippen molar-refractivity contribution < 1.29 is 19.4 Å². The number of aliphatic hydroxyl groups is 2. The average molecular weight is 255 g/mol. The second-order valence-electron chi connectivity index (χ2n) is 4.17. The van der Waals surface area contributed by atoms with Crippen molar-refractivity contribution in [2.75, 3.05) is 13.6 Å². The van der Waals surface area contributed by atoms with Gasteiger partial charge in [-0.2, -0.15) is 0 Å². The number of carbonyl (C=O) groups excluding carboxylic acids is 1. The minimum absolute atomic E-state index is 0.0497. The molecule has 2 unspecified atom stereocenters. The first kappa shape index (κ1) is 14.8. The van der Waals surface area contributed by atoms with Gasteiger partial charge < -0.3 is 15.5 Å². The van der Waals surface area contributed by atoms with Gasteiger partial charge in [0, 0.05) is 5.56 Å². The van der Waals surface area contributed by atoms with Gasteiger partial charge in [-0.05, 0) is 33.0 Å². The zero-order valence-electron chi connectivity index (χ0n) is 10.5. The van der Waals surface area contributed by atoms with E-state index in [2.05, 4.69) is 5.32 Å². The van der Waals surface area contributed by atoms with Crippen LogP contribution in [-0.4, -0.2) is 35.7 Å². The summed E-state index contributed by atoms with van der Waals surface area (Å²) in [4.78, 5) is 11.2. The van der Waals surface area contributed by atoms with Crippen LogP contribution >= 0.6 is 0 Å². The third kappa shape index (κ3) is 3.35. The van der Waals surface area contributed by atoms with Gasteiger partial charge >= 0.3 is 0 Å². The Morgan fingerprint density at radius 3 is 2.67 bits per heavy atom. The van der Waals surface area contributed by atoms with Crippen molar-refractivity contribution in [3.8, 4) is 0 Å². The Hall–Kier alpha value is -1.30. The maximum Gasteiger partial charge on any atom is 0.162 e. The summed E-state index contributed by atoms with van der Waals surface area (Å²) >= 11 is 0. The molecule has 0 saturated heterocycles. The monoisotopic (exact) mass is 255 g/mol. The second kappa shape index (κ2) is 6.58. The molecule has 0 aromatic heterocycles. The van der Waals surface area contributed by atoms with E-state index >= 15 is 0 Å². The fourth-order valence-electron chi connectivity index (χ4n) is 1.71. The lowest BCUT2D eigenvalue weighted by Gasteiger charge is -2.19. The van der Waals surface area contributed by atoms with Crippen LogP contribution in [0.1, 0.15) is 35.4 Å². The molecule has 0 radical (unpaired) electrons. The van der Waals surface area contributed by atoms with E-state index in [1.54, 1.807) is 7.05 Å². The predicted molar refractivity (Wildman–Crippen MR) is 65.9 cm³/mol. The number of hydrogen-bond donors (Lipinski definition) is 3. The largest absolute Gasteiger partial charge is 0.390 e. The Balaban J connectivity index is 2.95. The predicted octanol–water partition coefficient (Wildman–Crippen LogP) is 1.03. The lowest BCUT2D eigenvalue weighted by molar-refractivity contribution is 0.0119. The quantitative estimate of drug-likeness (QED) is 0.664. The van der Waals surface area contributed by atoms with Gasteiger partial charge in [0.05, 0.1) is 11.7 Å². The van der Waals surface area contributed by atoms with Gasteiger partial charge in [0.15, 0.2) is 5.78 Å². The standard InChI is InChI=1S/C13H18FNO3/c1-8(16)9-4-3-5-10(12(9)14)13(18)11(17)6-7-15-2/h3-5,11,13,15,17-18H,6-7H2,1-2H3. The summed E-state index contributed by atoms with van der Waals surface area (Å²) in [5, 5.41) is 22.4. The maximum atomic E-state index is 13.9. The average Bonchev–Trinajstić information content (AvgIpc) is 2.35. The van der Waals surface area contributed by atoms with Crippen LogP contribution in [0.2, 0.25) is 0 Å². The van der Waals surface area contributed by atoms with Crippen LogP contribution < -0.4 is 5.32 Å². The molecule has 100 valence electrons. The molecule has 0 aliphatic carbocycles. The first-order chi connectivity index (χ1) is 8.49. The summed E-state index contributed by atoms with van der Waals surface area (Å²) in [5.41, 5.74) is -0.126. The van der Waals surface area contributed by atoms with Gasteiger partial charge in [0.25, 0.3) is 0 Å². The van der Waals surface area contributed by atoms with E-state index in [0.29, 0.717) is 13.0 Å². The summed E-state index contributed by atoms with van der Waals surface area (Å²) in [6.07, 6.45) is -2.12. The molecular formula is C13H18FNO3. The van der Waals surface area contributed by atoms with Gasteiger partial charge in [-0.3, -0.25) is 4.79 Å². The number of hydrogen-bond acceptors (Lipinski definition) is 4. The van der Waals surface area contributed by atoms with E-state index in [4.69, 9.17) is 0 Å². The Bertz CT molecular complexity index is 423. The molecule has 0 aliphatic heterocycles. The smallest absolute Gasteiger partial charge is 0.162 e. The lowest BCUT2D eigenvalue weighted by Crippen LogP contribution is -2.24. The van der Waals surface area contributed by atoms with Gasteiger partial charge in [0.1, 0.15) is 11.9 Å². The van der Waals surface area contributed by atoms with Crippen molar-refractivity contribution in [3.63, 3.8) is 0 Å². The normalized spacial score (nSPS) is 14.3. The van der Waals surface area contributed by atoms with Crippen LogP contribution in [0, 0.1) is 5.82 Å². The van der Waals surface area contributed by atoms with E-state index in [1.165, 1.54) is 25.1 Å². The molecular weight excluding hydrogens is 237 g/mol. The molecule has 2 atom stereocenters. The highest BCUT2D eigenvalue weighted by atomic mass is 19.1. The molecule has 3 N–H and O–H groups in total. The fourth-order valence-corrected chi connectivity index (χ4v) is 1.71. The molecule has 0 fully saturated rings. The molecule has 0 spiro atoms. The molecule has 0 bridgehead atoms. The molecule has 0 amide bonds. The third-order valence-electron chi connectivity index (χ3n) is 2.78. The molecule has 1 aromatic rings. The highest BCUT2D eigenvalue weighted by molar-refractivity contribution is 5.94. The second-order valence-corrected chi connectivity index (χ2v) is 4.17. The highest BCUT2D eigenvalue weighted by Crippen LogP contribution is 2.24. The van der Waals surface area contributed by atoms with E-state index in [0.717, 1.165) is 0 Å². The Kier molecular flexibility index (Phi) is 5.40. The fraction of sp³-hybridized carbons (Fsp3) is 0.462. The number of rotatable bonds is 6. The van der Waals surface area contributed by atoms with Gasteiger partial charge in [-0.1, -0.05) is 12.1 Å². The number of halogens is 1. The van der Waals surface area contributed by atoms with Crippen LogP contribution in [-0.2, 0) is 0 Å². The van der Waals surface area contributed by atoms with Crippen molar-refractivity contribution in [2.24, 2.45) is 0 Å². The molecule has 1 aromatic carbocycles. The summed E-state index contributed by atoms with van der Waals surface area (Å²) < 4.78 is 13.9. The van der Waals surface area contributed by atoms with Crippen LogP contribution in [0.25, 0.3) is 0 Å². The van der Waals surface area contributed by atoms with Crippen molar-refractivity contribution >= 4 is 5.78 Å². The molecule has 0 saturated carbocycles. The zero-order valence-corrected chi connectivity index (χ0v) is 10.5. The van der Waals surface area contributed by atoms with Gasteiger partial charge in [-0.25, -0.2) is 4.39 Å². The number of aliphatic hydroxyl groups excluding tert-OH is 2. The van der Waals surface area contributed by atoms with E-state index in [9.17, 15) is 19.4 Å². The van der Waals surface area contributed by atoms with Crippen LogP contribution in [0.3, 0.4) is 0 Å². The Labute approximate surface area is 105 Å². The highest BCUT2D eigenvalue weighted by Gasteiger charge is 2.23. The van der Waals surface area contributed by atoms with Gasteiger partial charge in [-0.15, -0.1) is 0 Å². The SMILES string of the molecule is CNCCC(O)C(O)c1cccc(C(C)=O)c1F. The van der Waals surface area contributed by atoms with Crippen molar-refractivity contribution in [3.05, 3.63) is 35.1 Å². The maximum absolute atomic E-state index is 13.9. The van der Waals surface area contributed by atoms with Crippen LogP contribution in [0.4, 0.5) is 4.39 Å². The first-order valence-electron chi connectivity index (χ1n) is 5.79. The molecule has 0 aliphatic rings. The lowest BCUT2D eigenvalue weighted by atomic mass is 9.98. The number of carbonyl (C=O) groups is 1. The minimum Gasteiger partial charge on any atom is -0.390 e. The molecule has 1 rings (SSSR count). The van der Waals surface area contributed by atoms with E-state index in [1.807, 2.05) is 0 Å². The molecule has 5 heteroatoms. The first-order valence-corrected chi connectivity index (χ1v) is 5.79. The van der Waals surface area contributed by atoms with Gasteiger partial charge in [0.2, 0.25) is 0 Å². The van der Waals surface area contributed by atoms with Crippen molar-refractivity contribution in [2.45, 2.75) is 25.6 Å². The Morgan fingerprint density at radius 2 is 2.11 bits per heavy atom. The van der Waals surface area contributed by atoms with E-state index < -0.39 is 23.8 Å². The number of benzene rings is 1. The zero-order chi connectivity index (χ0) is 13.7. The minimum atomic E-state index is -1.34. The summed E-state index contributed by atoms with van der Waals surface area (Å²) in [6, 6.07) is 4.21. The summed E-state index contributed by atoms with van der Waals surface area (Å²) in [7, 11) is 1.72. The summed E-state index contributed by atoms with van der Waals surface area (Å²) in [6.45, 7) is 1.76. The topological polar surface area (TPSA) is 69.6 Å². The van der Waals surface area contributed by atoms with Crippen molar-refractivity contribution in [1.29, 1.82) is 0 Å². The molecule has 4 nitrogen and oxygen atoms in total. The third-order valence-corrected chi connectivity index (χ3v) is 2.78. The van der Waals surface area contributed by atoms with Crippen LogP contribution in [0.5, 0.6) is 0 Å². The number of Topliss-reactive ketones (excluding diaryl/α,β-unsaturated/α-hetero) is 1. The van der Waals surface area contributed by atoms with Crippen LogP contribution in [0.15, 0.2) is 18.2 Å². The molecule has 0 heterocycles. The number of nitrogens with one attached hydrogen (secondary N) is 1. The van der Waals surface area contributed by atoms with Crippen molar-refractivity contribution in [1.82, 2.24) is 5.32 Å².